The Hall–Kier alpha value is -2.95. The number of aryl methyl sites for hydroxylation is 1. The Labute approximate surface area is 135 Å². The first-order valence-electron chi connectivity index (χ1n) is 7.66. The van der Waals surface area contributed by atoms with Crippen LogP contribution in [-0.2, 0) is 13.0 Å². The Balaban J connectivity index is 1.64. The van der Waals surface area contributed by atoms with Crippen molar-refractivity contribution in [1.29, 1.82) is 0 Å². The molecule has 0 spiro atoms. The zero-order valence-electron chi connectivity index (χ0n) is 13.0. The molecule has 0 aliphatic carbocycles. The van der Waals surface area contributed by atoms with Crippen molar-refractivity contribution in [1.82, 2.24) is 15.0 Å². The van der Waals surface area contributed by atoms with E-state index in [2.05, 4.69) is 44.6 Å². The summed E-state index contributed by atoms with van der Waals surface area (Å²) in [5.74, 6) is 1.33. The van der Waals surface area contributed by atoms with Crippen LogP contribution in [0.2, 0.25) is 0 Å². The van der Waals surface area contributed by atoms with Gasteiger partial charge in [0.05, 0.1) is 12.2 Å². The fourth-order valence-electron chi connectivity index (χ4n) is 2.15. The van der Waals surface area contributed by atoms with Gasteiger partial charge in [0.15, 0.2) is 0 Å². The second-order valence-electron chi connectivity index (χ2n) is 5.12. The second-order valence-corrected chi connectivity index (χ2v) is 5.12. The summed E-state index contributed by atoms with van der Waals surface area (Å²) in [5, 5.41) is 6.47. The van der Waals surface area contributed by atoms with Crippen LogP contribution in [0.15, 0.2) is 60.9 Å². The summed E-state index contributed by atoms with van der Waals surface area (Å²) in [5.41, 5.74) is 3.25. The molecule has 0 atom stereocenters. The van der Waals surface area contributed by atoms with Gasteiger partial charge >= 0.3 is 0 Å². The zero-order valence-corrected chi connectivity index (χ0v) is 13.0. The van der Waals surface area contributed by atoms with Crippen molar-refractivity contribution in [2.24, 2.45) is 0 Å². The third-order valence-corrected chi connectivity index (χ3v) is 3.45. The first-order chi connectivity index (χ1) is 11.3. The number of nitrogens with one attached hydrogen (secondary N) is 2. The van der Waals surface area contributed by atoms with Crippen molar-refractivity contribution < 1.29 is 0 Å². The molecule has 0 bridgehead atoms. The van der Waals surface area contributed by atoms with Crippen LogP contribution in [0.3, 0.4) is 0 Å². The summed E-state index contributed by atoms with van der Waals surface area (Å²) in [4.78, 5) is 13.0. The fourth-order valence-corrected chi connectivity index (χ4v) is 2.15. The quantitative estimate of drug-likeness (QED) is 0.725. The van der Waals surface area contributed by atoms with Crippen molar-refractivity contribution in [3.05, 3.63) is 72.2 Å². The number of rotatable bonds is 6. The first kappa shape index (κ1) is 15.0. The summed E-state index contributed by atoms with van der Waals surface area (Å²) in [6.45, 7) is 2.77. The highest BCUT2D eigenvalue weighted by Gasteiger charge is 2.01. The molecule has 0 fully saturated rings. The minimum atomic E-state index is 0.570. The molecule has 0 aliphatic rings. The lowest BCUT2D eigenvalue weighted by Crippen LogP contribution is -2.05. The van der Waals surface area contributed by atoms with Gasteiger partial charge in [-0.1, -0.05) is 25.1 Å². The van der Waals surface area contributed by atoms with Crippen LogP contribution in [-0.4, -0.2) is 15.0 Å². The number of hydrogen-bond donors (Lipinski definition) is 2. The number of hydrogen-bond acceptors (Lipinski definition) is 5. The lowest BCUT2D eigenvalue weighted by Gasteiger charge is -2.08. The summed E-state index contributed by atoms with van der Waals surface area (Å²) >= 11 is 0. The molecule has 5 heteroatoms. The monoisotopic (exact) mass is 305 g/mol. The van der Waals surface area contributed by atoms with Crippen LogP contribution in [0.5, 0.6) is 0 Å². The van der Waals surface area contributed by atoms with E-state index in [1.54, 1.807) is 12.4 Å². The van der Waals surface area contributed by atoms with Crippen LogP contribution < -0.4 is 10.6 Å². The van der Waals surface area contributed by atoms with Gasteiger partial charge in [0.1, 0.15) is 5.82 Å². The molecular formula is C18H19N5. The molecule has 0 amide bonds. The van der Waals surface area contributed by atoms with E-state index in [1.807, 2.05) is 36.4 Å². The van der Waals surface area contributed by atoms with Gasteiger partial charge in [-0.25, -0.2) is 4.98 Å². The lowest BCUT2D eigenvalue weighted by atomic mass is 10.1. The van der Waals surface area contributed by atoms with Crippen LogP contribution in [0.25, 0.3) is 0 Å². The van der Waals surface area contributed by atoms with Crippen molar-refractivity contribution in [2.75, 3.05) is 10.6 Å². The Morgan fingerprint density at radius 3 is 2.52 bits per heavy atom. The predicted molar refractivity (Wildman–Crippen MR) is 92.7 cm³/mol. The number of anilines is 3. The molecule has 3 rings (SSSR count). The van der Waals surface area contributed by atoms with Crippen molar-refractivity contribution in [3.63, 3.8) is 0 Å². The third kappa shape index (κ3) is 4.26. The van der Waals surface area contributed by atoms with E-state index in [1.165, 1.54) is 5.56 Å². The van der Waals surface area contributed by atoms with Crippen LogP contribution in [0.1, 0.15) is 18.2 Å². The molecule has 1 aromatic carbocycles. The summed E-state index contributed by atoms with van der Waals surface area (Å²) in [6.07, 6.45) is 4.55. The van der Waals surface area contributed by atoms with Crippen LogP contribution in [0.4, 0.5) is 17.5 Å². The Kier molecular flexibility index (Phi) is 4.79. The minimum Gasteiger partial charge on any atom is -0.364 e. The van der Waals surface area contributed by atoms with Gasteiger partial charge in [-0.2, -0.15) is 4.98 Å². The zero-order chi connectivity index (χ0) is 15.9. The highest BCUT2D eigenvalue weighted by Crippen LogP contribution is 2.15. The maximum absolute atomic E-state index is 4.46. The Morgan fingerprint density at radius 1 is 0.913 bits per heavy atom. The highest BCUT2D eigenvalue weighted by molar-refractivity contribution is 5.55. The molecule has 23 heavy (non-hydrogen) atoms. The Morgan fingerprint density at radius 2 is 1.78 bits per heavy atom. The molecule has 0 aliphatic heterocycles. The molecule has 5 nitrogen and oxygen atoms in total. The van der Waals surface area contributed by atoms with Gasteiger partial charge in [-0.05, 0) is 42.3 Å². The predicted octanol–water partition coefficient (Wildman–Crippen LogP) is 3.79. The molecule has 2 N–H and O–H groups in total. The standard InChI is InChI=1S/C18H19N5/c1-2-14-6-8-15(9-7-14)22-18-20-12-10-17(23-18)21-13-16-5-3-4-11-19-16/h3-12H,2,13H2,1H3,(H2,20,21,22,23). The molecule has 0 saturated carbocycles. The number of pyridine rings is 1. The molecule has 0 radical (unpaired) electrons. The minimum absolute atomic E-state index is 0.570. The van der Waals surface area contributed by atoms with E-state index in [9.17, 15) is 0 Å². The third-order valence-electron chi connectivity index (χ3n) is 3.45. The summed E-state index contributed by atoms with van der Waals surface area (Å²) < 4.78 is 0. The molecule has 116 valence electrons. The van der Waals surface area contributed by atoms with Gasteiger partial charge in [0.2, 0.25) is 5.95 Å². The average molecular weight is 305 g/mol. The highest BCUT2D eigenvalue weighted by atomic mass is 15.1. The van der Waals surface area contributed by atoms with Gasteiger partial charge in [0, 0.05) is 18.1 Å². The maximum Gasteiger partial charge on any atom is 0.229 e. The van der Waals surface area contributed by atoms with Gasteiger partial charge in [0.25, 0.3) is 0 Å². The molecule has 0 unspecified atom stereocenters. The molecule has 2 heterocycles. The van der Waals surface area contributed by atoms with E-state index in [4.69, 9.17) is 0 Å². The van der Waals surface area contributed by atoms with E-state index in [0.29, 0.717) is 12.5 Å². The van der Waals surface area contributed by atoms with Gasteiger partial charge < -0.3 is 10.6 Å². The largest absolute Gasteiger partial charge is 0.364 e. The van der Waals surface area contributed by atoms with E-state index in [0.717, 1.165) is 23.6 Å². The fraction of sp³-hybridized carbons (Fsp3) is 0.167. The van der Waals surface area contributed by atoms with Crippen molar-refractivity contribution in [2.45, 2.75) is 19.9 Å². The van der Waals surface area contributed by atoms with Crippen LogP contribution in [0, 0.1) is 0 Å². The lowest BCUT2D eigenvalue weighted by molar-refractivity contribution is 1.02. The number of nitrogens with zero attached hydrogens (tertiary/aromatic N) is 3. The second kappa shape index (κ2) is 7.35. The SMILES string of the molecule is CCc1ccc(Nc2nccc(NCc3ccccn3)n2)cc1. The smallest absolute Gasteiger partial charge is 0.229 e. The normalized spacial score (nSPS) is 10.3. The molecular weight excluding hydrogens is 286 g/mol. The van der Waals surface area contributed by atoms with E-state index in [-0.39, 0.29) is 0 Å². The maximum atomic E-state index is 4.46. The topological polar surface area (TPSA) is 62.7 Å². The van der Waals surface area contributed by atoms with Crippen molar-refractivity contribution >= 4 is 17.5 Å². The molecule has 0 saturated heterocycles. The number of aromatic nitrogens is 3. The number of benzene rings is 1. The average Bonchev–Trinajstić information content (AvgIpc) is 2.62. The van der Waals surface area contributed by atoms with Gasteiger partial charge in [-0.3, -0.25) is 4.98 Å². The summed E-state index contributed by atoms with van der Waals surface area (Å²) in [6, 6.07) is 16.0. The van der Waals surface area contributed by atoms with E-state index >= 15 is 0 Å². The first-order valence-corrected chi connectivity index (χ1v) is 7.66. The molecule has 2 aromatic heterocycles. The van der Waals surface area contributed by atoms with E-state index < -0.39 is 0 Å². The van der Waals surface area contributed by atoms with Crippen molar-refractivity contribution in [3.8, 4) is 0 Å². The van der Waals surface area contributed by atoms with Crippen LogP contribution >= 0.6 is 0 Å². The Bertz CT molecular complexity index is 741. The molecule has 3 aromatic rings. The summed E-state index contributed by atoms with van der Waals surface area (Å²) in [7, 11) is 0. The van der Waals surface area contributed by atoms with Gasteiger partial charge in [-0.15, -0.1) is 0 Å².